The number of benzene rings is 2. The number of hydrogen-bond acceptors (Lipinski definition) is 3. The van der Waals surface area contributed by atoms with Crippen molar-refractivity contribution in [3.63, 3.8) is 0 Å². The predicted octanol–water partition coefficient (Wildman–Crippen LogP) is 3.26. The Morgan fingerprint density at radius 2 is 2.00 bits per heavy atom. The van der Waals surface area contributed by atoms with Crippen LogP contribution in [0.4, 0.5) is 0 Å². The Kier molecular flexibility index (Phi) is 3.69. The molecule has 0 unspecified atom stereocenters. The van der Waals surface area contributed by atoms with Crippen LogP contribution < -0.4 is 0 Å². The summed E-state index contributed by atoms with van der Waals surface area (Å²) in [6, 6.07) is 15.6. The highest BCUT2D eigenvalue weighted by atomic mass is 16.5. The van der Waals surface area contributed by atoms with Gasteiger partial charge in [0.1, 0.15) is 0 Å². The molecule has 0 atom stereocenters. The molecule has 0 saturated carbocycles. The normalized spacial score (nSPS) is 10.7. The largest absolute Gasteiger partial charge is 0.462 e. The summed E-state index contributed by atoms with van der Waals surface area (Å²) in [6.07, 6.45) is 1.80. The second-order valence-electron chi connectivity index (χ2n) is 4.78. The maximum absolute atomic E-state index is 11.8. The van der Waals surface area contributed by atoms with Gasteiger partial charge in [-0.25, -0.2) is 9.78 Å². The molecule has 0 aliphatic carbocycles. The van der Waals surface area contributed by atoms with Crippen LogP contribution in [0, 0.1) is 0 Å². The second kappa shape index (κ2) is 5.79. The molecule has 3 aromatic rings. The lowest BCUT2D eigenvalue weighted by Gasteiger charge is -2.06. The van der Waals surface area contributed by atoms with E-state index in [2.05, 4.69) is 17.1 Å². The van der Waals surface area contributed by atoms with E-state index in [-0.39, 0.29) is 5.97 Å². The van der Waals surface area contributed by atoms with Gasteiger partial charge in [0, 0.05) is 6.54 Å². The van der Waals surface area contributed by atoms with Gasteiger partial charge in [-0.2, -0.15) is 0 Å². The fourth-order valence-corrected chi connectivity index (χ4v) is 2.30. The lowest BCUT2D eigenvalue weighted by Crippen LogP contribution is -2.05. The Hall–Kier alpha value is -2.62. The van der Waals surface area contributed by atoms with Crippen molar-refractivity contribution in [3.05, 3.63) is 66.0 Å². The fourth-order valence-electron chi connectivity index (χ4n) is 2.30. The Bertz CT molecular complexity index is 763. The van der Waals surface area contributed by atoms with Gasteiger partial charge in [0.15, 0.2) is 0 Å². The van der Waals surface area contributed by atoms with Crippen LogP contribution in [0.1, 0.15) is 22.8 Å². The molecule has 0 spiro atoms. The Morgan fingerprint density at radius 1 is 1.19 bits per heavy atom. The van der Waals surface area contributed by atoms with E-state index in [4.69, 9.17) is 4.74 Å². The molecule has 4 heteroatoms. The molecule has 21 heavy (non-hydrogen) atoms. The number of imidazole rings is 1. The van der Waals surface area contributed by atoms with Crippen LogP contribution in [0.3, 0.4) is 0 Å². The van der Waals surface area contributed by atoms with Gasteiger partial charge in [0.2, 0.25) is 0 Å². The highest BCUT2D eigenvalue weighted by Crippen LogP contribution is 2.17. The predicted molar refractivity (Wildman–Crippen MR) is 81.2 cm³/mol. The van der Waals surface area contributed by atoms with Crippen molar-refractivity contribution in [2.75, 3.05) is 6.61 Å². The third kappa shape index (κ3) is 2.79. The molecular formula is C17H16N2O2. The van der Waals surface area contributed by atoms with Gasteiger partial charge >= 0.3 is 5.97 Å². The van der Waals surface area contributed by atoms with E-state index < -0.39 is 0 Å². The van der Waals surface area contributed by atoms with Crippen LogP contribution in [0.15, 0.2) is 54.9 Å². The molecule has 1 aromatic heterocycles. The molecule has 0 bridgehead atoms. The lowest BCUT2D eigenvalue weighted by atomic mass is 10.2. The highest BCUT2D eigenvalue weighted by molar-refractivity contribution is 5.93. The number of fused-ring (bicyclic) bond motifs is 1. The van der Waals surface area contributed by atoms with Gasteiger partial charge in [-0.15, -0.1) is 0 Å². The minimum absolute atomic E-state index is 0.299. The van der Waals surface area contributed by atoms with Crippen LogP contribution in [0.2, 0.25) is 0 Å². The van der Waals surface area contributed by atoms with Crippen molar-refractivity contribution in [1.82, 2.24) is 9.55 Å². The Labute approximate surface area is 123 Å². The van der Waals surface area contributed by atoms with Crippen LogP contribution in [0.25, 0.3) is 11.0 Å². The number of hydrogen-bond donors (Lipinski definition) is 0. The number of carbonyl (C=O) groups is 1. The Morgan fingerprint density at radius 3 is 2.76 bits per heavy atom. The van der Waals surface area contributed by atoms with Gasteiger partial charge in [0.25, 0.3) is 0 Å². The second-order valence-corrected chi connectivity index (χ2v) is 4.78. The molecule has 3 rings (SSSR count). The molecule has 1 heterocycles. The topological polar surface area (TPSA) is 44.1 Å². The summed E-state index contributed by atoms with van der Waals surface area (Å²) in [5.41, 5.74) is 3.56. The summed E-state index contributed by atoms with van der Waals surface area (Å²) in [6.45, 7) is 2.90. The van der Waals surface area contributed by atoms with Crippen molar-refractivity contribution in [2.24, 2.45) is 0 Å². The zero-order chi connectivity index (χ0) is 14.7. The molecule has 0 N–H and O–H groups in total. The van der Waals surface area contributed by atoms with Crippen molar-refractivity contribution in [2.45, 2.75) is 13.5 Å². The summed E-state index contributed by atoms with van der Waals surface area (Å²) < 4.78 is 7.08. The fraction of sp³-hybridized carbons (Fsp3) is 0.176. The number of rotatable bonds is 4. The zero-order valence-corrected chi connectivity index (χ0v) is 11.8. The number of esters is 1. The monoisotopic (exact) mass is 280 g/mol. The lowest BCUT2D eigenvalue weighted by molar-refractivity contribution is 0.0526. The molecule has 106 valence electrons. The summed E-state index contributed by atoms with van der Waals surface area (Å²) in [4.78, 5) is 16.2. The molecule has 2 aromatic carbocycles. The van der Waals surface area contributed by atoms with E-state index in [9.17, 15) is 4.79 Å². The maximum atomic E-state index is 11.8. The van der Waals surface area contributed by atoms with E-state index in [1.165, 1.54) is 5.56 Å². The number of nitrogens with zero attached hydrogens (tertiary/aromatic N) is 2. The quantitative estimate of drug-likeness (QED) is 0.689. The highest BCUT2D eigenvalue weighted by Gasteiger charge is 2.10. The number of carbonyl (C=O) groups excluding carboxylic acids is 1. The van der Waals surface area contributed by atoms with Crippen LogP contribution in [0.5, 0.6) is 0 Å². The molecule has 0 aliphatic heterocycles. The van der Waals surface area contributed by atoms with Crippen molar-refractivity contribution >= 4 is 17.0 Å². The smallest absolute Gasteiger partial charge is 0.338 e. The third-order valence-corrected chi connectivity index (χ3v) is 3.33. The first kappa shape index (κ1) is 13.4. The summed E-state index contributed by atoms with van der Waals surface area (Å²) in [5.74, 6) is -0.299. The van der Waals surface area contributed by atoms with E-state index >= 15 is 0 Å². The molecule has 0 aliphatic rings. The first-order valence-corrected chi connectivity index (χ1v) is 6.94. The van der Waals surface area contributed by atoms with Gasteiger partial charge in [-0.1, -0.05) is 30.3 Å². The SMILES string of the molecule is CCOC(=O)c1ccc2ncn(Cc3ccccc3)c2c1. The van der Waals surface area contributed by atoms with Crippen LogP contribution in [-0.4, -0.2) is 22.1 Å². The van der Waals surface area contributed by atoms with Crippen LogP contribution in [-0.2, 0) is 11.3 Å². The number of ether oxygens (including phenoxy) is 1. The summed E-state index contributed by atoms with van der Waals surface area (Å²) >= 11 is 0. The Balaban J connectivity index is 1.96. The van der Waals surface area contributed by atoms with Gasteiger partial charge in [0.05, 0.1) is 29.5 Å². The van der Waals surface area contributed by atoms with Gasteiger partial charge < -0.3 is 9.30 Å². The van der Waals surface area contributed by atoms with E-state index in [1.54, 1.807) is 19.3 Å². The summed E-state index contributed by atoms with van der Waals surface area (Å²) in [5, 5.41) is 0. The molecular weight excluding hydrogens is 264 g/mol. The number of aromatic nitrogens is 2. The zero-order valence-electron chi connectivity index (χ0n) is 11.8. The first-order chi connectivity index (χ1) is 10.3. The van der Waals surface area contributed by atoms with Crippen molar-refractivity contribution < 1.29 is 9.53 Å². The maximum Gasteiger partial charge on any atom is 0.338 e. The van der Waals surface area contributed by atoms with E-state index in [1.807, 2.05) is 34.9 Å². The average molecular weight is 280 g/mol. The van der Waals surface area contributed by atoms with E-state index in [0.29, 0.717) is 12.2 Å². The molecule has 0 saturated heterocycles. The standard InChI is InChI=1S/C17H16N2O2/c1-2-21-17(20)14-8-9-15-16(10-14)19(12-18-15)11-13-6-4-3-5-7-13/h3-10,12H,2,11H2,1H3. The van der Waals surface area contributed by atoms with Gasteiger partial charge in [-0.05, 0) is 30.7 Å². The minimum Gasteiger partial charge on any atom is -0.462 e. The van der Waals surface area contributed by atoms with Gasteiger partial charge in [-0.3, -0.25) is 0 Å². The summed E-state index contributed by atoms with van der Waals surface area (Å²) in [7, 11) is 0. The molecule has 0 radical (unpaired) electrons. The van der Waals surface area contributed by atoms with E-state index in [0.717, 1.165) is 17.6 Å². The third-order valence-electron chi connectivity index (χ3n) is 3.33. The van der Waals surface area contributed by atoms with Crippen molar-refractivity contribution in [1.29, 1.82) is 0 Å². The van der Waals surface area contributed by atoms with Crippen molar-refractivity contribution in [3.8, 4) is 0 Å². The first-order valence-electron chi connectivity index (χ1n) is 6.94. The van der Waals surface area contributed by atoms with Crippen LogP contribution >= 0.6 is 0 Å². The molecule has 0 amide bonds. The minimum atomic E-state index is -0.299. The molecule has 4 nitrogen and oxygen atoms in total. The average Bonchev–Trinajstić information content (AvgIpc) is 2.91. The molecule has 0 fully saturated rings.